The van der Waals surface area contributed by atoms with Crippen LogP contribution in [0.5, 0.6) is 0 Å². The Kier molecular flexibility index (Phi) is 65.0. The minimum Gasteiger partial charge on any atom is -0.462 e. The van der Waals surface area contributed by atoms with Crippen molar-refractivity contribution < 1.29 is 80.2 Å². The molecule has 0 aliphatic heterocycles. The van der Waals surface area contributed by atoms with Crippen molar-refractivity contribution in [1.82, 2.24) is 0 Å². The summed E-state index contributed by atoms with van der Waals surface area (Å²) in [4.78, 5) is 72.8. The summed E-state index contributed by atoms with van der Waals surface area (Å²) in [6.07, 6.45) is 51.4. The van der Waals surface area contributed by atoms with Crippen LogP contribution in [0.25, 0.3) is 0 Å². The number of ether oxygens (including phenoxy) is 4. The zero-order valence-electron chi connectivity index (χ0n) is 63.0. The average molecular weight is 1410 g/mol. The smallest absolute Gasteiger partial charge is 0.462 e. The van der Waals surface area contributed by atoms with Gasteiger partial charge in [-0.3, -0.25) is 37.3 Å². The number of hydrogen-bond donors (Lipinski definition) is 3. The molecule has 0 aromatic rings. The summed E-state index contributed by atoms with van der Waals surface area (Å²) >= 11 is 0. The Bertz CT molecular complexity index is 1880. The van der Waals surface area contributed by atoms with E-state index in [4.69, 9.17) is 37.0 Å². The molecule has 0 aromatic heterocycles. The summed E-state index contributed by atoms with van der Waals surface area (Å²) in [5, 5.41) is 10.6. The van der Waals surface area contributed by atoms with E-state index in [1.807, 2.05) is 0 Å². The van der Waals surface area contributed by atoms with Crippen molar-refractivity contribution in [1.29, 1.82) is 0 Å². The topological polar surface area (TPSA) is 237 Å². The van der Waals surface area contributed by atoms with Crippen LogP contribution in [-0.2, 0) is 65.4 Å². The lowest BCUT2D eigenvalue weighted by molar-refractivity contribution is -0.161. The zero-order valence-corrected chi connectivity index (χ0v) is 64.8. The molecule has 17 nitrogen and oxygen atoms in total. The lowest BCUT2D eigenvalue weighted by atomic mass is 10.0. The molecule has 2 unspecified atom stereocenters. The van der Waals surface area contributed by atoms with Crippen molar-refractivity contribution in [3.8, 4) is 0 Å². The van der Waals surface area contributed by atoms with E-state index in [-0.39, 0.29) is 25.7 Å². The molecule has 0 radical (unpaired) electrons. The van der Waals surface area contributed by atoms with Crippen LogP contribution in [0.1, 0.15) is 389 Å². The van der Waals surface area contributed by atoms with E-state index >= 15 is 0 Å². The maximum absolute atomic E-state index is 13.1. The maximum Gasteiger partial charge on any atom is 0.472 e. The summed E-state index contributed by atoms with van der Waals surface area (Å²) in [7, 11) is -9.91. The molecule has 0 fully saturated rings. The van der Waals surface area contributed by atoms with Gasteiger partial charge in [0, 0.05) is 25.7 Å². The van der Waals surface area contributed by atoms with Crippen LogP contribution < -0.4 is 0 Å². The molecule has 0 bridgehead atoms. The zero-order chi connectivity index (χ0) is 71.0. The highest BCUT2D eigenvalue weighted by atomic mass is 31.2. The number of carbonyl (C=O) groups is 4. The van der Waals surface area contributed by atoms with Gasteiger partial charge >= 0.3 is 39.5 Å². The molecule has 0 saturated carbocycles. The summed E-state index contributed by atoms with van der Waals surface area (Å²) in [5.41, 5.74) is 0. The van der Waals surface area contributed by atoms with E-state index in [1.165, 1.54) is 186 Å². The molecule has 96 heavy (non-hydrogen) atoms. The lowest BCUT2D eigenvalue weighted by Crippen LogP contribution is -2.30. The molecule has 0 heterocycles. The summed E-state index contributed by atoms with van der Waals surface area (Å²) in [6, 6.07) is 0. The molecule has 0 aliphatic rings. The maximum atomic E-state index is 13.1. The Morgan fingerprint density at radius 3 is 0.646 bits per heavy atom. The number of esters is 4. The Morgan fingerprint density at radius 1 is 0.260 bits per heavy atom. The quantitative estimate of drug-likeness (QED) is 0.0222. The average Bonchev–Trinajstić information content (AvgIpc) is 1.10. The third-order valence-corrected chi connectivity index (χ3v) is 19.7. The fourth-order valence-electron chi connectivity index (χ4n) is 11.7. The van der Waals surface area contributed by atoms with Gasteiger partial charge in [-0.15, -0.1) is 0 Å². The highest BCUT2D eigenvalue weighted by Crippen LogP contribution is 2.45. The molecule has 19 heteroatoms. The lowest BCUT2D eigenvalue weighted by Gasteiger charge is -2.21. The molecule has 0 aliphatic carbocycles. The molecule has 0 amide bonds. The largest absolute Gasteiger partial charge is 0.472 e. The van der Waals surface area contributed by atoms with Gasteiger partial charge in [-0.25, -0.2) is 9.13 Å². The third kappa shape index (κ3) is 70.5. The number of phosphoric ester groups is 2. The van der Waals surface area contributed by atoms with Crippen molar-refractivity contribution in [3.05, 3.63) is 0 Å². The number of unbranched alkanes of at least 4 members (excludes halogenated alkanes) is 40. The van der Waals surface area contributed by atoms with E-state index in [1.54, 1.807) is 0 Å². The summed E-state index contributed by atoms with van der Waals surface area (Å²) in [5.74, 6) is 0.913. The first-order valence-corrected chi connectivity index (χ1v) is 42.7. The highest BCUT2D eigenvalue weighted by molar-refractivity contribution is 7.47. The number of carbonyl (C=O) groups excluding carboxylic acids is 4. The van der Waals surface area contributed by atoms with Gasteiger partial charge in [0.25, 0.3) is 0 Å². The second-order valence-electron chi connectivity index (χ2n) is 29.7. The molecular formula is C77H150O17P2. The van der Waals surface area contributed by atoms with Crippen LogP contribution in [0.3, 0.4) is 0 Å². The van der Waals surface area contributed by atoms with Gasteiger partial charge in [-0.1, -0.05) is 338 Å². The summed E-state index contributed by atoms with van der Waals surface area (Å²) in [6.45, 7) is 14.2. The Hall–Kier alpha value is -1.94. The van der Waals surface area contributed by atoms with Crippen LogP contribution in [-0.4, -0.2) is 96.7 Å². The van der Waals surface area contributed by atoms with Crippen molar-refractivity contribution in [2.75, 3.05) is 39.6 Å². The number of rotatable bonds is 74. The predicted molar refractivity (Wildman–Crippen MR) is 391 cm³/mol. The second-order valence-corrected chi connectivity index (χ2v) is 32.6. The van der Waals surface area contributed by atoms with Gasteiger partial charge in [-0.05, 0) is 49.4 Å². The van der Waals surface area contributed by atoms with E-state index in [9.17, 15) is 43.2 Å². The van der Waals surface area contributed by atoms with Crippen LogP contribution in [0.15, 0.2) is 0 Å². The van der Waals surface area contributed by atoms with Gasteiger partial charge < -0.3 is 33.8 Å². The van der Waals surface area contributed by atoms with Crippen molar-refractivity contribution in [2.24, 2.45) is 23.7 Å². The Balaban J connectivity index is 5.24. The number of aliphatic hydroxyl groups excluding tert-OH is 1. The second kappa shape index (κ2) is 66.3. The minimum atomic E-state index is -4.96. The Morgan fingerprint density at radius 2 is 0.438 bits per heavy atom. The third-order valence-electron chi connectivity index (χ3n) is 17.8. The normalized spacial score (nSPS) is 14.1. The fourth-order valence-corrected chi connectivity index (χ4v) is 13.3. The van der Waals surface area contributed by atoms with Crippen molar-refractivity contribution in [3.63, 3.8) is 0 Å². The molecule has 0 aromatic carbocycles. The van der Waals surface area contributed by atoms with Crippen LogP contribution in [0, 0.1) is 23.7 Å². The Labute approximate surface area is 588 Å². The minimum absolute atomic E-state index is 0.105. The van der Waals surface area contributed by atoms with E-state index in [0.717, 1.165) is 114 Å². The number of hydrogen-bond acceptors (Lipinski definition) is 15. The van der Waals surface area contributed by atoms with E-state index in [0.29, 0.717) is 31.6 Å². The molecule has 5 atom stereocenters. The first-order valence-electron chi connectivity index (χ1n) is 39.7. The van der Waals surface area contributed by atoms with Crippen LogP contribution >= 0.6 is 15.6 Å². The highest BCUT2D eigenvalue weighted by Gasteiger charge is 2.30. The molecule has 0 rings (SSSR count). The van der Waals surface area contributed by atoms with Gasteiger partial charge in [0.1, 0.15) is 19.3 Å². The first kappa shape index (κ1) is 94.1. The number of phosphoric acid groups is 2. The predicted octanol–water partition coefficient (Wildman–Crippen LogP) is 22.4. The van der Waals surface area contributed by atoms with Gasteiger partial charge in [0.05, 0.1) is 26.4 Å². The van der Waals surface area contributed by atoms with Crippen molar-refractivity contribution in [2.45, 2.75) is 408 Å². The molecular weight excluding hydrogens is 1260 g/mol. The standard InChI is InChI=1S/C77H150O17P2/c1-67(2)53-45-37-29-23-17-11-9-13-20-26-32-41-49-57-74(79)87-63-72(93-76(81)59-51-43-33-27-21-14-10-12-18-24-30-38-46-54-68(3)4)65-91-95(83,84)89-61-71(78)62-90-96(85,86)92-66-73(64-88-75(80)58-50-42-36-35-40-48-56-70(7)8)94-77(82)60-52-44-34-28-22-16-15-19-25-31-39-47-55-69(5)6/h67-73,78H,9-66H2,1-8H3,(H,83,84)(H,85,86)/t71-,72-,73-/m1/s1. The van der Waals surface area contributed by atoms with Crippen LogP contribution in [0.4, 0.5) is 0 Å². The van der Waals surface area contributed by atoms with Gasteiger partial charge in [0.15, 0.2) is 12.2 Å². The van der Waals surface area contributed by atoms with Gasteiger partial charge in [0.2, 0.25) is 0 Å². The van der Waals surface area contributed by atoms with E-state index < -0.39 is 97.5 Å². The van der Waals surface area contributed by atoms with Crippen LogP contribution in [0.2, 0.25) is 0 Å². The summed E-state index contributed by atoms with van der Waals surface area (Å²) < 4.78 is 68.6. The SMILES string of the molecule is CC(C)CCCCCCCCCCCCCCCC(=O)OC[C@H](COP(=O)(O)OC[C@@H](O)COP(=O)(O)OC[C@@H](COC(=O)CCCCCCCCC(C)C)OC(=O)CCCCCCCCCCCCCCC(C)C)OC(=O)CCCCCCCCCCCCCCCC(C)C. The van der Waals surface area contributed by atoms with E-state index in [2.05, 4.69) is 55.4 Å². The van der Waals surface area contributed by atoms with Crippen molar-refractivity contribution >= 4 is 39.5 Å². The number of aliphatic hydroxyl groups is 1. The fraction of sp³-hybridized carbons (Fsp3) is 0.948. The monoisotopic (exact) mass is 1410 g/mol. The molecule has 570 valence electrons. The first-order chi connectivity index (χ1) is 46.1. The molecule has 3 N–H and O–H groups in total. The van der Waals surface area contributed by atoms with Gasteiger partial charge in [-0.2, -0.15) is 0 Å². The molecule has 0 saturated heterocycles. The molecule has 0 spiro atoms.